The fraction of sp³-hybridized carbons (Fsp3) is 0.429. The van der Waals surface area contributed by atoms with Crippen molar-refractivity contribution in [3.05, 3.63) is 33.0 Å². The summed E-state index contributed by atoms with van der Waals surface area (Å²) >= 11 is 9.75. The van der Waals surface area contributed by atoms with Gasteiger partial charge in [0.2, 0.25) is 0 Å². The Kier molecular flexibility index (Phi) is 4.90. The number of rotatable bonds is 5. The summed E-state index contributed by atoms with van der Waals surface area (Å²) in [6.45, 7) is 5.36. The lowest BCUT2D eigenvalue weighted by Gasteiger charge is -2.07. The van der Waals surface area contributed by atoms with Crippen LogP contribution in [0.25, 0.3) is 11.0 Å². The number of hydrogen-bond donors (Lipinski definition) is 1. The SMILES string of the molecule is COCc1c(CNC(C)C)oc2c(Cl)ccc(Br)c12. The van der Waals surface area contributed by atoms with Crippen LogP contribution in [-0.2, 0) is 17.9 Å². The van der Waals surface area contributed by atoms with Gasteiger partial charge in [0.05, 0.1) is 18.2 Å². The summed E-state index contributed by atoms with van der Waals surface area (Å²) in [7, 11) is 1.68. The molecule has 0 bridgehead atoms. The summed E-state index contributed by atoms with van der Waals surface area (Å²) < 4.78 is 12.2. The number of halogens is 2. The lowest BCUT2D eigenvalue weighted by Crippen LogP contribution is -2.22. The van der Waals surface area contributed by atoms with Gasteiger partial charge in [0.1, 0.15) is 5.76 Å². The van der Waals surface area contributed by atoms with Crippen molar-refractivity contribution < 1.29 is 9.15 Å². The van der Waals surface area contributed by atoms with Crippen molar-refractivity contribution in [1.82, 2.24) is 5.32 Å². The predicted molar refractivity (Wildman–Crippen MR) is 81.6 cm³/mol. The van der Waals surface area contributed by atoms with Crippen LogP contribution in [0, 0.1) is 0 Å². The van der Waals surface area contributed by atoms with Crippen LogP contribution in [0.5, 0.6) is 0 Å². The second-order valence-electron chi connectivity index (χ2n) is 4.71. The van der Waals surface area contributed by atoms with Crippen LogP contribution in [0.3, 0.4) is 0 Å². The molecule has 2 aromatic rings. The number of methoxy groups -OCH3 is 1. The zero-order valence-electron chi connectivity index (χ0n) is 11.2. The highest BCUT2D eigenvalue weighted by molar-refractivity contribution is 9.10. The van der Waals surface area contributed by atoms with Gasteiger partial charge in [-0.3, -0.25) is 0 Å². The van der Waals surface area contributed by atoms with Gasteiger partial charge >= 0.3 is 0 Å². The second-order valence-corrected chi connectivity index (χ2v) is 5.97. The second kappa shape index (κ2) is 6.27. The Labute approximate surface area is 126 Å². The monoisotopic (exact) mass is 345 g/mol. The minimum absolute atomic E-state index is 0.391. The standard InChI is InChI=1S/C14H17BrClNO2/c1-8(2)17-6-12-9(7-18-3)13-10(15)4-5-11(16)14(13)19-12/h4-5,8,17H,6-7H2,1-3H3. The first kappa shape index (κ1) is 14.9. The Morgan fingerprint density at radius 2 is 2.16 bits per heavy atom. The van der Waals surface area contributed by atoms with E-state index in [2.05, 4.69) is 35.1 Å². The van der Waals surface area contributed by atoms with Crippen LogP contribution in [0.4, 0.5) is 0 Å². The maximum Gasteiger partial charge on any atom is 0.154 e. The van der Waals surface area contributed by atoms with Gasteiger partial charge in [-0.1, -0.05) is 41.4 Å². The summed E-state index contributed by atoms with van der Waals surface area (Å²) in [5, 5.41) is 4.97. The van der Waals surface area contributed by atoms with E-state index in [1.165, 1.54) is 0 Å². The topological polar surface area (TPSA) is 34.4 Å². The first-order valence-corrected chi connectivity index (χ1v) is 7.32. The molecule has 0 aliphatic heterocycles. The van der Waals surface area contributed by atoms with Crippen molar-refractivity contribution in [1.29, 1.82) is 0 Å². The summed E-state index contributed by atoms with van der Waals surface area (Å²) in [5.41, 5.74) is 1.75. The first-order valence-electron chi connectivity index (χ1n) is 6.15. The Morgan fingerprint density at radius 1 is 1.42 bits per heavy atom. The van der Waals surface area contributed by atoms with Gasteiger partial charge in [0.15, 0.2) is 5.58 Å². The number of benzene rings is 1. The molecule has 0 spiro atoms. The highest BCUT2D eigenvalue weighted by Gasteiger charge is 2.18. The van der Waals surface area contributed by atoms with Gasteiger partial charge in [-0.25, -0.2) is 0 Å². The minimum atomic E-state index is 0.391. The zero-order chi connectivity index (χ0) is 14.0. The lowest BCUT2D eigenvalue weighted by atomic mass is 10.1. The van der Waals surface area contributed by atoms with Gasteiger partial charge in [0, 0.05) is 28.6 Å². The zero-order valence-corrected chi connectivity index (χ0v) is 13.6. The minimum Gasteiger partial charge on any atom is -0.458 e. The van der Waals surface area contributed by atoms with E-state index >= 15 is 0 Å². The van der Waals surface area contributed by atoms with E-state index in [1.807, 2.05) is 12.1 Å². The Morgan fingerprint density at radius 3 is 2.79 bits per heavy atom. The number of hydrogen-bond acceptors (Lipinski definition) is 3. The van der Waals surface area contributed by atoms with E-state index in [0.29, 0.717) is 29.8 Å². The van der Waals surface area contributed by atoms with Crippen LogP contribution in [0.15, 0.2) is 21.0 Å². The predicted octanol–water partition coefficient (Wildman–Crippen LogP) is 4.49. The average Bonchev–Trinajstić information content (AvgIpc) is 2.72. The Bertz CT molecular complexity index is 580. The van der Waals surface area contributed by atoms with E-state index in [0.717, 1.165) is 21.2 Å². The van der Waals surface area contributed by atoms with Gasteiger partial charge in [-0.05, 0) is 12.1 Å². The summed E-state index contributed by atoms with van der Waals surface area (Å²) in [6.07, 6.45) is 0. The van der Waals surface area contributed by atoms with Crippen LogP contribution >= 0.6 is 27.5 Å². The highest BCUT2D eigenvalue weighted by atomic mass is 79.9. The molecule has 5 heteroatoms. The van der Waals surface area contributed by atoms with Crippen LogP contribution in [-0.4, -0.2) is 13.2 Å². The third-order valence-electron chi connectivity index (χ3n) is 2.88. The van der Waals surface area contributed by atoms with Crippen molar-refractivity contribution in [2.75, 3.05) is 7.11 Å². The molecule has 0 aliphatic rings. The number of ether oxygens (including phenoxy) is 1. The van der Waals surface area contributed by atoms with E-state index in [-0.39, 0.29) is 0 Å². The third kappa shape index (κ3) is 3.14. The van der Waals surface area contributed by atoms with Crippen LogP contribution in [0.1, 0.15) is 25.2 Å². The van der Waals surface area contributed by atoms with Crippen molar-refractivity contribution in [2.45, 2.75) is 33.0 Å². The fourth-order valence-corrected chi connectivity index (χ4v) is 2.72. The lowest BCUT2D eigenvalue weighted by molar-refractivity contribution is 0.183. The van der Waals surface area contributed by atoms with E-state index in [9.17, 15) is 0 Å². The average molecular weight is 347 g/mol. The number of fused-ring (bicyclic) bond motifs is 1. The molecule has 0 radical (unpaired) electrons. The molecule has 3 nitrogen and oxygen atoms in total. The summed E-state index contributed by atoms with van der Waals surface area (Å²) in [4.78, 5) is 0. The maximum atomic E-state index is 6.20. The quantitative estimate of drug-likeness (QED) is 0.866. The van der Waals surface area contributed by atoms with Gasteiger partial charge in [0.25, 0.3) is 0 Å². The molecular weight excluding hydrogens is 330 g/mol. The van der Waals surface area contributed by atoms with Crippen molar-refractivity contribution in [3.8, 4) is 0 Å². The largest absolute Gasteiger partial charge is 0.458 e. The number of nitrogens with one attached hydrogen (secondary N) is 1. The molecular formula is C14H17BrClNO2. The van der Waals surface area contributed by atoms with Gasteiger partial charge in [-0.2, -0.15) is 0 Å². The smallest absolute Gasteiger partial charge is 0.154 e. The molecule has 1 aromatic heterocycles. The molecule has 2 rings (SSSR count). The first-order chi connectivity index (χ1) is 9.04. The molecule has 1 aromatic carbocycles. The molecule has 0 unspecified atom stereocenters. The van der Waals surface area contributed by atoms with Crippen LogP contribution < -0.4 is 5.32 Å². The third-order valence-corrected chi connectivity index (χ3v) is 3.84. The van der Waals surface area contributed by atoms with Crippen LogP contribution in [0.2, 0.25) is 5.02 Å². The highest BCUT2D eigenvalue weighted by Crippen LogP contribution is 2.36. The summed E-state index contributed by atoms with van der Waals surface area (Å²) in [5.74, 6) is 0.874. The van der Waals surface area contributed by atoms with E-state index in [1.54, 1.807) is 7.11 Å². The van der Waals surface area contributed by atoms with Crippen molar-refractivity contribution in [3.63, 3.8) is 0 Å². The molecule has 0 atom stereocenters. The molecule has 0 aliphatic carbocycles. The molecule has 104 valence electrons. The number of furan rings is 1. The van der Waals surface area contributed by atoms with Crippen molar-refractivity contribution >= 4 is 38.5 Å². The molecule has 0 amide bonds. The molecule has 1 N–H and O–H groups in total. The Hall–Kier alpha value is -0.550. The Balaban J connectivity index is 2.53. The molecule has 0 saturated carbocycles. The fourth-order valence-electron chi connectivity index (χ4n) is 1.98. The molecule has 19 heavy (non-hydrogen) atoms. The molecule has 0 saturated heterocycles. The van der Waals surface area contributed by atoms with Gasteiger partial charge < -0.3 is 14.5 Å². The normalized spacial score (nSPS) is 11.7. The molecule has 0 fully saturated rings. The van der Waals surface area contributed by atoms with Crippen molar-refractivity contribution in [2.24, 2.45) is 0 Å². The van der Waals surface area contributed by atoms with E-state index < -0.39 is 0 Å². The van der Waals surface area contributed by atoms with E-state index in [4.69, 9.17) is 20.8 Å². The maximum absolute atomic E-state index is 6.20. The molecule has 1 heterocycles. The summed E-state index contributed by atoms with van der Waals surface area (Å²) in [6, 6.07) is 4.15. The van der Waals surface area contributed by atoms with Gasteiger partial charge in [-0.15, -0.1) is 0 Å².